The molecule has 1 aliphatic heterocycles. The Kier molecular flexibility index (Phi) is 2.80. The fourth-order valence-corrected chi connectivity index (χ4v) is 2.63. The number of rotatable bonds is 2. The maximum atomic E-state index is 12.4. The summed E-state index contributed by atoms with van der Waals surface area (Å²) in [7, 11) is 0. The summed E-state index contributed by atoms with van der Waals surface area (Å²) in [5, 5.41) is 9.27. The molecule has 3 heterocycles. The van der Waals surface area contributed by atoms with Crippen molar-refractivity contribution < 1.29 is 9.90 Å². The minimum atomic E-state index is -0.0134. The number of carbonyl (C=O) groups excluding carboxylic acids is 1. The lowest BCUT2D eigenvalue weighted by Crippen LogP contribution is -2.37. The van der Waals surface area contributed by atoms with Gasteiger partial charge in [-0.05, 0) is 31.0 Å². The predicted molar refractivity (Wildman–Crippen MR) is 68.5 cm³/mol. The van der Waals surface area contributed by atoms with Gasteiger partial charge in [-0.3, -0.25) is 4.79 Å². The van der Waals surface area contributed by atoms with Crippen molar-refractivity contribution in [2.45, 2.75) is 18.9 Å². The molecule has 1 amide bonds. The Morgan fingerprint density at radius 3 is 3.11 bits per heavy atom. The van der Waals surface area contributed by atoms with E-state index in [-0.39, 0.29) is 18.6 Å². The average Bonchev–Trinajstić information content (AvgIpc) is 3.03. The molecule has 0 radical (unpaired) electrons. The van der Waals surface area contributed by atoms with E-state index in [1.165, 1.54) is 0 Å². The van der Waals surface area contributed by atoms with Crippen LogP contribution >= 0.6 is 0 Å². The van der Waals surface area contributed by atoms with Crippen LogP contribution in [0.2, 0.25) is 0 Å². The maximum absolute atomic E-state index is 12.4. The van der Waals surface area contributed by atoms with Crippen LogP contribution in [-0.4, -0.2) is 39.5 Å². The van der Waals surface area contributed by atoms with E-state index in [2.05, 4.69) is 0 Å². The topological polar surface area (TPSA) is 45.0 Å². The van der Waals surface area contributed by atoms with Crippen molar-refractivity contribution in [3.8, 4) is 0 Å². The number of hydrogen-bond acceptors (Lipinski definition) is 2. The first-order valence-electron chi connectivity index (χ1n) is 6.28. The molecule has 1 saturated heterocycles. The highest BCUT2D eigenvalue weighted by atomic mass is 16.3. The summed E-state index contributed by atoms with van der Waals surface area (Å²) in [4.78, 5) is 14.2. The molecule has 0 spiro atoms. The van der Waals surface area contributed by atoms with Crippen LogP contribution in [0.1, 0.15) is 23.2 Å². The van der Waals surface area contributed by atoms with Gasteiger partial charge in [0.1, 0.15) is 0 Å². The number of carbonyl (C=O) groups is 1. The Bertz CT molecular complexity index is 543. The second-order valence-corrected chi connectivity index (χ2v) is 4.74. The molecular weight excluding hydrogens is 228 g/mol. The molecule has 2 aromatic heterocycles. The minimum absolute atomic E-state index is 0.0134. The van der Waals surface area contributed by atoms with Crippen LogP contribution in [0.5, 0.6) is 0 Å². The highest BCUT2D eigenvalue weighted by Gasteiger charge is 2.29. The third-order valence-corrected chi connectivity index (χ3v) is 3.60. The average molecular weight is 244 g/mol. The zero-order chi connectivity index (χ0) is 12.5. The van der Waals surface area contributed by atoms with Gasteiger partial charge in [0.15, 0.2) is 0 Å². The van der Waals surface area contributed by atoms with E-state index in [0.717, 1.165) is 24.9 Å². The van der Waals surface area contributed by atoms with Crippen LogP contribution in [0.4, 0.5) is 0 Å². The van der Waals surface area contributed by atoms with Gasteiger partial charge in [0.2, 0.25) is 0 Å². The second kappa shape index (κ2) is 4.46. The number of fused-ring (bicyclic) bond motifs is 1. The molecule has 1 N–H and O–H groups in total. The Labute approximate surface area is 105 Å². The van der Waals surface area contributed by atoms with Crippen LogP contribution in [0.3, 0.4) is 0 Å². The molecule has 0 bridgehead atoms. The summed E-state index contributed by atoms with van der Waals surface area (Å²) >= 11 is 0. The summed E-state index contributed by atoms with van der Waals surface area (Å²) in [6.07, 6.45) is 5.66. The molecule has 1 fully saturated rings. The predicted octanol–water partition coefficient (Wildman–Crippen LogP) is 1.54. The van der Waals surface area contributed by atoms with Crippen LogP contribution in [0.15, 0.2) is 36.7 Å². The largest absolute Gasteiger partial charge is 0.394 e. The third-order valence-electron chi connectivity index (χ3n) is 3.60. The Balaban J connectivity index is 1.91. The van der Waals surface area contributed by atoms with E-state index < -0.39 is 0 Å². The van der Waals surface area contributed by atoms with Gasteiger partial charge in [-0.15, -0.1) is 0 Å². The number of aromatic nitrogens is 1. The van der Waals surface area contributed by atoms with E-state index in [9.17, 15) is 9.90 Å². The molecule has 2 aromatic rings. The number of aliphatic hydroxyl groups excluding tert-OH is 1. The van der Waals surface area contributed by atoms with Crippen molar-refractivity contribution in [3.63, 3.8) is 0 Å². The molecule has 4 nitrogen and oxygen atoms in total. The van der Waals surface area contributed by atoms with E-state index >= 15 is 0 Å². The van der Waals surface area contributed by atoms with Gasteiger partial charge < -0.3 is 14.4 Å². The monoisotopic (exact) mass is 244 g/mol. The van der Waals surface area contributed by atoms with E-state index in [1.54, 1.807) is 4.90 Å². The second-order valence-electron chi connectivity index (χ2n) is 4.74. The number of hydrogen-bond donors (Lipinski definition) is 1. The molecule has 94 valence electrons. The lowest BCUT2D eigenvalue weighted by molar-refractivity contribution is 0.0678. The van der Waals surface area contributed by atoms with Crippen molar-refractivity contribution in [3.05, 3.63) is 42.2 Å². The van der Waals surface area contributed by atoms with Crippen molar-refractivity contribution in [2.24, 2.45) is 0 Å². The molecule has 0 aliphatic carbocycles. The molecule has 0 unspecified atom stereocenters. The van der Waals surface area contributed by atoms with Gasteiger partial charge in [-0.1, -0.05) is 6.07 Å². The number of likely N-dealkylation sites (tertiary alicyclic amines) is 1. The summed E-state index contributed by atoms with van der Waals surface area (Å²) in [6.45, 7) is 0.801. The molecule has 4 heteroatoms. The minimum Gasteiger partial charge on any atom is -0.394 e. The summed E-state index contributed by atoms with van der Waals surface area (Å²) in [5.74, 6) is 0.0234. The highest BCUT2D eigenvalue weighted by Crippen LogP contribution is 2.21. The van der Waals surface area contributed by atoms with Gasteiger partial charge in [-0.2, -0.15) is 0 Å². The van der Waals surface area contributed by atoms with Crippen molar-refractivity contribution >= 4 is 11.4 Å². The number of nitrogens with zero attached hydrogens (tertiary/aromatic N) is 2. The van der Waals surface area contributed by atoms with Crippen molar-refractivity contribution in [1.29, 1.82) is 0 Å². The van der Waals surface area contributed by atoms with E-state index in [1.807, 2.05) is 41.1 Å². The fourth-order valence-electron chi connectivity index (χ4n) is 2.63. The molecule has 0 saturated carbocycles. The first-order chi connectivity index (χ1) is 8.79. The van der Waals surface area contributed by atoms with Gasteiger partial charge in [0, 0.05) is 24.5 Å². The number of aliphatic hydroxyl groups is 1. The molecular formula is C14H16N2O2. The van der Waals surface area contributed by atoms with Crippen molar-refractivity contribution in [2.75, 3.05) is 13.2 Å². The van der Waals surface area contributed by atoms with Gasteiger partial charge >= 0.3 is 0 Å². The molecule has 1 aliphatic rings. The first-order valence-corrected chi connectivity index (χ1v) is 6.28. The molecule has 1 atom stereocenters. The van der Waals surface area contributed by atoms with Gasteiger partial charge in [0.25, 0.3) is 5.91 Å². The molecule has 0 aromatic carbocycles. The smallest absolute Gasteiger partial charge is 0.255 e. The normalized spacial score (nSPS) is 19.6. The van der Waals surface area contributed by atoms with Gasteiger partial charge in [-0.25, -0.2) is 0 Å². The third kappa shape index (κ3) is 1.78. The van der Waals surface area contributed by atoms with E-state index in [0.29, 0.717) is 5.56 Å². The van der Waals surface area contributed by atoms with Crippen LogP contribution in [-0.2, 0) is 0 Å². The number of amides is 1. The summed E-state index contributed by atoms with van der Waals surface area (Å²) in [5.41, 5.74) is 1.71. The highest BCUT2D eigenvalue weighted by molar-refractivity contribution is 5.96. The van der Waals surface area contributed by atoms with Crippen LogP contribution < -0.4 is 0 Å². The summed E-state index contributed by atoms with van der Waals surface area (Å²) < 4.78 is 1.94. The maximum Gasteiger partial charge on any atom is 0.255 e. The lowest BCUT2D eigenvalue weighted by atomic mass is 10.2. The zero-order valence-corrected chi connectivity index (χ0v) is 10.1. The Hall–Kier alpha value is -1.81. The summed E-state index contributed by atoms with van der Waals surface area (Å²) in [6, 6.07) is 7.75. The zero-order valence-electron chi connectivity index (χ0n) is 10.1. The van der Waals surface area contributed by atoms with Crippen molar-refractivity contribution in [1.82, 2.24) is 9.30 Å². The first kappa shape index (κ1) is 11.3. The Morgan fingerprint density at radius 2 is 2.33 bits per heavy atom. The lowest BCUT2D eigenvalue weighted by Gasteiger charge is -2.22. The molecule has 18 heavy (non-hydrogen) atoms. The van der Waals surface area contributed by atoms with Gasteiger partial charge in [0.05, 0.1) is 18.2 Å². The Morgan fingerprint density at radius 1 is 1.44 bits per heavy atom. The quantitative estimate of drug-likeness (QED) is 0.871. The SMILES string of the molecule is O=C(c1cc2ccccn2c1)N1CCC[C@@H]1CO. The fraction of sp³-hybridized carbons (Fsp3) is 0.357. The van der Waals surface area contributed by atoms with Crippen LogP contribution in [0.25, 0.3) is 5.52 Å². The van der Waals surface area contributed by atoms with Crippen LogP contribution in [0, 0.1) is 0 Å². The number of pyridine rings is 1. The van der Waals surface area contributed by atoms with E-state index in [4.69, 9.17) is 0 Å². The standard InChI is InChI=1S/C14H16N2O2/c17-10-13-5-3-7-16(13)14(18)11-8-12-4-1-2-6-15(12)9-11/h1-2,4,6,8-9,13,17H,3,5,7,10H2/t13-/m1/s1. The molecule has 3 rings (SSSR count).